The highest BCUT2D eigenvalue weighted by Crippen LogP contribution is 2.32. The second-order valence-corrected chi connectivity index (χ2v) is 7.76. The number of carbonyl (C=O) groups is 3. The predicted molar refractivity (Wildman–Crippen MR) is 135 cm³/mol. The summed E-state index contributed by atoms with van der Waals surface area (Å²) in [6.45, 7) is 8.79. The molecule has 7 nitrogen and oxygen atoms in total. The molecule has 1 aliphatic heterocycles. The number of aliphatic hydroxyl groups is 1. The molecule has 1 saturated heterocycles. The third-order valence-electron chi connectivity index (χ3n) is 4.70. The van der Waals surface area contributed by atoms with Gasteiger partial charge in [0.15, 0.2) is 0 Å². The van der Waals surface area contributed by atoms with Gasteiger partial charge in [0.2, 0.25) is 0 Å². The van der Waals surface area contributed by atoms with Gasteiger partial charge in [0.1, 0.15) is 31.3 Å². The molecule has 0 aromatic heterocycles. The van der Waals surface area contributed by atoms with Crippen LogP contribution >= 0.6 is 11.6 Å². The predicted octanol–water partition coefficient (Wildman–Crippen LogP) is 5.09. The van der Waals surface area contributed by atoms with Crippen LogP contribution < -0.4 is 15.0 Å². The summed E-state index contributed by atoms with van der Waals surface area (Å²) in [5, 5.41) is 12.3. The maximum Gasteiger partial charge on any atom is 0.255 e. The molecule has 194 valence electrons. The van der Waals surface area contributed by atoms with E-state index in [0.29, 0.717) is 42.1 Å². The Labute approximate surface area is 210 Å². The summed E-state index contributed by atoms with van der Waals surface area (Å²) in [6, 6.07) is 8.74. The Morgan fingerprint density at radius 3 is 2.40 bits per heavy atom. The summed E-state index contributed by atoms with van der Waals surface area (Å²) in [6.07, 6.45) is -0.127. The number of aliphatic hydroxyl groups excluding tert-OH is 1. The van der Waals surface area contributed by atoms with E-state index in [-0.39, 0.29) is 11.6 Å². The van der Waals surface area contributed by atoms with Gasteiger partial charge in [-0.25, -0.2) is 8.78 Å². The van der Waals surface area contributed by atoms with Crippen LogP contribution in [0.3, 0.4) is 0 Å². The molecule has 1 heterocycles. The molecule has 2 N–H and O–H groups in total. The number of hydrogen-bond acceptors (Lipinski definition) is 6. The Bertz CT molecular complexity index is 917. The van der Waals surface area contributed by atoms with Crippen LogP contribution in [0.2, 0.25) is 5.02 Å². The first-order valence-electron chi connectivity index (χ1n) is 10.9. The number of alkyl halides is 1. The van der Waals surface area contributed by atoms with Gasteiger partial charge in [0.25, 0.3) is 5.91 Å². The number of anilines is 2. The maximum atomic E-state index is 14.2. The second-order valence-electron chi connectivity index (χ2n) is 7.35. The zero-order valence-corrected chi connectivity index (χ0v) is 21.0. The van der Waals surface area contributed by atoms with E-state index >= 15 is 0 Å². The molecule has 2 aromatic carbocycles. The summed E-state index contributed by atoms with van der Waals surface area (Å²) < 4.78 is 32.8. The monoisotopic (exact) mass is 514 g/mol. The first kappa shape index (κ1) is 32.0. The van der Waals surface area contributed by atoms with Crippen LogP contribution in [0.1, 0.15) is 43.5 Å². The fourth-order valence-corrected chi connectivity index (χ4v) is 3.35. The zero-order valence-electron chi connectivity index (χ0n) is 20.2. The van der Waals surface area contributed by atoms with Crippen molar-refractivity contribution < 1.29 is 33.0 Å². The van der Waals surface area contributed by atoms with Crippen molar-refractivity contribution >= 4 is 42.5 Å². The molecule has 1 amide bonds. The van der Waals surface area contributed by atoms with E-state index in [1.165, 1.54) is 31.7 Å². The normalized spacial score (nSPS) is 16.6. The number of nitrogens with zero attached hydrogens (tertiary/aromatic N) is 1. The third-order valence-corrected chi connectivity index (χ3v) is 4.99. The zero-order chi connectivity index (χ0) is 27.0. The van der Waals surface area contributed by atoms with Gasteiger partial charge < -0.3 is 29.6 Å². The van der Waals surface area contributed by atoms with Crippen molar-refractivity contribution in [3.8, 4) is 5.75 Å². The van der Waals surface area contributed by atoms with Crippen molar-refractivity contribution in [3.63, 3.8) is 0 Å². The molecule has 35 heavy (non-hydrogen) atoms. The maximum absolute atomic E-state index is 14.2. The summed E-state index contributed by atoms with van der Waals surface area (Å²) in [5.41, 5.74) is 1.26. The number of halogens is 3. The number of amides is 1. The van der Waals surface area contributed by atoms with Crippen LogP contribution in [0.25, 0.3) is 0 Å². The first-order chi connectivity index (χ1) is 16.8. The Kier molecular flexibility index (Phi) is 15.9. The Balaban J connectivity index is 0.00000150. The number of rotatable bonds is 4. The van der Waals surface area contributed by atoms with Crippen molar-refractivity contribution in [3.05, 3.63) is 52.8 Å². The highest BCUT2D eigenvalue weighted by Gasteiger charge is 2.27. The van der Waals surface area contributed by atoms with Gasteiger partial charge in [-0.2, -0.15) is 0 Å². The minimum atomic E-state index is -1.38. The number of carbonyl (C=O) groups excluding carboxylic acids is 3. The molecular weight excluding hydrogens is 482 g/mol. The van der Waals surface area contributed by atoms with Gasteiger partial charge in [-0.15, -0.1) is 0 Å². The van der Waals surface area contributed by atoms with E-state index in [9.17, 15) is 18.7 Å². The molecule has 2 unspecified atom stereocenters. The lowest BCUT2D eigenvalue weighted by Crippen LogP contribution is -2.33. The summed E-state index contributed by atoms with van der Waals surface area (Å²) in [4.78, 5) is 30.4. The fraction of sp³-hybridized carbons (Fsp3) is 0.400. The molecule has 2 atom stereocenters. The van der Waals surface area contributed by atoms with Crippen LogP contribution in [0.4, 0.5) is 20.2 Å². The van der Waals surface area contributed by atoms with Gasteiger partial charge in [-0.05, 0) is 49.2 Å². The quantitative estimate of drug-likeness (QED) is 0.590. The number of ether oxygens (including phenoxy) is 1. The molecule has 1 aliphatic rings. The lowest BCUT2D eigenvalue weighted by atomic mass is 10.1. The molecule has 2 aromatic rings. The van der Waals surface area contributed by atoms with E-state index in [2.05, 4.69) is 19.2 Å². The molecule has 3 rings (SSSR count). The van der Waals surface area contributed by atoms with Crippen molar-refractivity contribution in [2.45, 2.75) is 45.4 Å². The highest BCUT2D eigenvalue weighted by molar-refractivity contribution is 6.31. The number of methoxy groups -OCH3 is 1. The molecule has 0 bridgehead atoms. The molecule has 0 saturated carbocycles. The van der Waals surface area contributed by atoms with E-state index in [1.54, 1.807) is 23.1 Å². The molecule has 10 heteroatoms. The van der Waals surface area contributed by atoms with E-state index in [0.717, 1.165) is 0 Å². The number of hydrogen-bond donors (Lipinski definition) is 2. The van der Waals surface area contributed by atoms with Gasteiger partial charge in [0.05, 0.1) is 30.5 Å². The largest absolute Gasteiger partial charge is 0.495 e. The molecule has 0 aliphatic carbocycles. The van der Waals surface area contributed by atoms with Gasteiger partial charge in [-0.3, -0.25) is 4.79 Å². The van der Waals surface area contributed by atoms with E-state index < -0.39 is 24.0 Å². The van der Waals surface area contributed by atoms with E-state index in [4.69, 9.17) is 25.9 Å². The second kappa shape index (κ2) is 17.4. The minimum absolute atomic E-state index is 0.0101. The van der Waals surface area contributed by atoms with Crippen LogP contribution in [-0.4, -0.2) is 57.1 Å². The first-order valence-corrected chi connectivity index (χ1v) is 11.3. The third kappa shape index (κ3) is 10.00. The number of nitrogens with one attached hydrogen (secondary N) is 1. The Morgan fingerprint density at radius 2 is 1.83 bits per heavy atom. The average Bonchev–Trinajstić information content (AvgIpc) is 3.04. The molecular formula is C25H33ClF2N2O5. The van der Waals surface area contributed by atoms with Crippen molar-refractivity contribution in [2.75, 3.05) is 30.4 Å². The van der Waals surface area contributed by atoms with E-state index in [1.807, 2.05) is 13.6 Å². The van der Waals surface area contributed by atoms with Crippen molar-refractivity contribution in [1.82, 2.24) is 0 Å². The van der Waals surface area contributed by atoms with Crippen molar-refractivity contribution in [2.24, 2.45) is 0 Å². The number of benzene rings is 2. The fourth-order valence-electron chi connectivity index (χ4n) is 3.17. The van der Waals surface area contributed by atoms with Crippen LogP contribution in [0, 0.1) is 5.82 Å². The lowest BCUT2D eigenvalue weighted by molar-refractivity contribution is -0.0987. The molecule has 0 radical (unpaired) electrons. The van der Waals surface area contributed by atoms with Gasteiger partial charge >= 0.3 is 0 Å². The Morgan fingerprint density at radius 1 is 1.20 bits per heavy atom. The smallest absolute Gasteiger partial charge is 0.255 e. The van der Waals surface area contributed by atoms with Gasteiger partial charge in [0, 0.05) is 17.8 Å². The summed E-state index contributed by atoms with van der Waals surface area (Å²) >= 11 is 5.75. The molecule has 0 spiro atoms. The van der Waals surface area contributed by atoms with Crippen LogP contribution in [0.15, 0.2) is 36.4 Å². The minimum Gasteiger partial charge on any atom is -0.495 e. The highest BCUT2D eigenvalue weighted by atomic mass is 35.5. The Hall–Kier alpha value is -3.04. The lowest BCUT2D eigenvalue weighted by Gasteiger charge is -2.26. The standard InChI is InChI=1S/C20H21ClF2N2O3.C3H8.2CH2O/c1-28-19-7-4-12(20(27)24-13-5-6-15(22)14(21)10-13)9-17(19)25-8-2-3-18(26)16(23)11-25;1-3-2;2*1-2/h4-7,9-10,16,18,26H,2-3,8,11H2,1H3,(H,24,27);3H2,1-2H3;2*1H2. The summed E-state index contributed by atoms with van der Waals surface area (Å²) in [5.74, 6) is -0.487. The topological polar surface area (TPSA) is 95.9 Å². The average molecular weight is 515 g/mol. The molecule has 1 fully saturated rings. The SMILES string of the molecule is C=O.C=O.CCC.COc1ccc(C(=O)Nc2ccc(F)c(Cl)c2)cc1N1CCCC(O)C(F)C1. The van der Waals surface area contributed by atoms with Crippen molar-refractivity contribution in [1.29, 1.82) is 0 Å². The van der Waals surface area contributed by atoms with Gasteiger partial charge in [-0.1, -0.05) is 31.9 Å². The summed E-state index contributed by atoms with van der Waals surface area (Å²) in [7, 11) is 1.50. The van der Waals surface area contributed by atoms with Crippen LogP contribution in [0.5, 0.6) is 5.75 Å². The van der Waals surface area contributed by atoms with Crippen LogP contribution in [-0.2, 0) is 9.59 Å².